The van der Waals surface area contributed by atoms with Gasteiger partial charge in [0, 0.05) is 0 Å². The van der Waals surface area contributed by atoms with E-state index in [2.05, 4.69) is 23.8 Å². The summed E-state index contributed by atoms with van der Waals surface area (Å²) in [4.78, 5) is 0.318. The van der Waals surface area contributed by atoms with Gasteiger partial charge in [-0.15, -0.1) is 0 Å². The molecule has 1 atom stereocenters. The van der Waals surface area contributed by atoms with Crippen LogP contribution in [0.15, 0.2) is 53.4 Å². The molecule has 1 N–H and O–H groups in total. The van der Waals surface area contributed by atoms with Crippen molar-refractivity contribution in [2.24, 2.45) is 0 Å². The summed E-state index contributed by atoms with van der Waals surface area (Å²) in [5, 5.41) is 0. The average Bonchev–Trinajstić information content (AvgIpc) is 2.50. The second-order valence-electron chi connectivity index (χ2n) is 5.31. The zero-order chi connectivity index (χ0) is 15.5. The van der Waals surface area contributed by atoms with E-state index in [1.54, 1.807) is 12.1 Å². The zero-order valence-electron chi connectivity index (χ0n) is 12.6. The number of nitrogens with one attached hydrogen (secondary N) is 1. The maximum Gasteiger partial charge on any atom is 0.240 e. The highest BCUT2D eigenvalue weighted by Gasteiger charge is 2.14. The molecule has 112 valence electrons. The molecule has 2 aromatic carbocycles. The molecule has 0 aliphatic heterocycles. The molecule has 0 heterocycles. The fourth-order valence-electron chi connectivity index (χ4n) is 2.41. The van der Waals surface area contributed by atoms with Gasteiger partial charge in [0.25, 0.3) is 0 Å². The van der Waals surface area contributed by atoms with Gasteiger partial charge in [-0.3, -0.25) is 0 Å². The summed E-state index contributed by atoms with van der Waals surface area (Å²) in [6, 6.07) is 15.7. The summed E-state index contributed by atoms with van der Waals surface area (Å²) < 4.78 is 25.9. The lowest BCUT2D eigenvalue weighted by Crippen LogP contribution is -2.18. The van der Waals surface area contributed by atoms with E-state index in [0.717, 1.165) is 12.0 Å². The minimum Gasteiger partial charge on any atom is -0.214 e. The van der Waals surface area contributed by atoms with Crippen molar-refractivity contribution in [1.82, 2.24) is 4.72 Å². The van der Waals surface area contributed by atoms with Crippen LogP contribution >= 0.6 is 0 Å². The van der Waals surface area contributed by atoms with E-state index in [0.29, 0.717) is 10.8 Å². The first-order chi connectivity index (χ1) is 9.94. The Bertz CT molecular complexity index is 709. The molecule has 0 fully saturated rings. The third-order valence-corrected chi connectivity index (χ3v) is 5.20. The summed E-state index contributed by atoms with van der Waals surface area (Å²) in [6.07, 6.45) is 0.899. The number of benzene rings is 2. The van der Waals surface area contributed by atoms with E-state index in [-0.39, 0.29) is 0 Å². The number of aryl methyl sites for hydroxylation is 1. The van der Waals surface area contributed by atoms with Crippen molar-refractivity contribution in [1.29, 1.82) is 0 Å². The predicted molar refractivity (Wildman–Crippen MR) is 86.0 cm³/mol. The van der Waals surface area contributed by atoms with Gasteiger partial charge in [0.2, 0.25) is 10.0 Å². The SMILES string of the molecule is CNS(=O)(=O)c1ccc(C[C@@H](C)c2ccccc2)c(C)c1. The fourth-order valence-corrected chi connectivity index (χ4v) is 3.23. The van der Waals surface area contributed by atoms with Gasteiger partial charge in [-0.25, -0.2) is 13.1 Å². The summed E-state index contributed by atoms with van der Waals surface area (Å²) >= 11 is 0. The van der Waals surface area contributed by atoms with Crippen LogP contribution in [0.4, 0.5) is 0 Å². The molecule has 4 heteroatoms. The van der Waals surface area contributed by atoms with Crippen molar-refractivity contribution in [3.63, 3.8) is 0 Å². The van der Waals surface area contributed by atoms with Crippen molar-refractivity contribution in [3.05, 3.63) is 65.2 Å². The highest BCUT2D eigenvalue weighted by Crippen LogP contribution is 2.23. The molecule has 2 aromatic rings. The molecule has 0 bridgehead atoms. The quantitative estimate of drug-likeness (QED) is 0.921. The van der Waals surface area contributed by atoms with Gasteiger partial charge in [0.1, 0.15) is 0 Å². The average molecular weight is 303 g/mol. The van der Waals surface area contributed by atoms with Gasteiger partial charge in [-0.05, 0) is 55.1 Å². The van der Waals surface area contributed by atoms with Crippen molar-refractivity contribution in [2.45, 2.75) is 31.1 Å². The third kappa shape index (κ3) is 3.71. The molecule has 0 amide bonds. The molecule has 0 unspecified atom stereocenters. The summed E-state index contributed by atoms with van der Waals surface area (Å²) in [5.41, 5.74) is 3.49. The number of sulfonamides is 1. The number of hydrogen-bond donors (Lipinski definition) is 1. The normalized spacial score (nSPS) is 13.1. The molecule has 0 saturated carbocycles. The molecule has 0 radical (unpaired) electrons. The molecular weight excluding hydrogens is 282 g/mol. The van der Waals surface area contributed by atoms with Crippen LogP contribution in [0, 0.1) is 6.92 Å². The highest BCUT2D eigenvalue weighted by molar-refractivity contribution is 7.89. The molecule has 0 saturated heterocycles. The summed E-state index contributed by atoms with van der Waals surface area (Å²) in [6.45, 7) is 4.15. The fraction of sp³-hybridized carbons (Fsp3) is 0.294. The van der Waals surface area contributed by atoms with Gasteiger partial charge in [0.05, 0.1) is 4.90 Å². The lowest BCUT2D eigenvalue weighted by atomic mass is 9.92. The first-order valence-electron chi connectivity index (χ1n) is 7.02. The van der Waals surface area contributed by atoms with Gasteiger partial charge in [0.15, 0.2) is 0 Å². The minimum absolute atomic E-state index is 0.318. The standard InChI is InChI=1S/C17H21NO2S/c1-13(15-7-5-4-6-8-15)11-16-9-10-17(12-14(16)2)21(19,20)18-3/h4-10,12-13,18H,11H2,1-3H3/t13-/m1/s1. The van der Waals surface area contributed by atoms with Crippen LogP contribution < -0.4 is 4.72 Å². The van der Waals surface area contributed by atoms with Crippen LogP contribution in [0.3, 0.4) is 0 Å². The first kappa shape index (κ1) is 15.7. The Hall–Kier alpha value is -1.65. The van der Waals surface area contributed by atoms with Crippen molar-refractivity contribution in [2.75, 3.05) is 7.05 Å². The smallest absolute Gasteiger partial charge is 0.214 e. The van der Waals surface area contributed by atoms with E-state index in [1.807, 2.05) is 31.2 Å². The Balaban J connectivity index is 2.23. The Labute approximate surface area is 127 Å². The van der Waals surface area contributed by atoms with Gasteiger partial charge >= 0.3 is 0 Å². The van der Waals surface area contributed by atoms with Crippen LogP contribution in [-0.2, 0) is 16.4 Å². The third-order valence-electron chi connectivity index (χ3n) is 3.79. The maximum absolute atomic E-state index is 11.8. The molecule has 21 heavy (non-hydrogen) atoms. The van der Waals surface area contributed by atoms with Crippen molar-refractivity contribution in [3.8, 4) is 0 Å². The second kappa shape index (κ2) is 6.41. The van der Waals surface area contributed by atoms with Gasteiger partial charge in [-0.1, -0.05) is 43.3 Å². The first-order valence-corrected chi connectivity index (χ1v) is 8.50. The molecule has 0 spiro atoms. The topological polar surface area (TPSA) is 46.2 Å². The Kier molecular flexibility index (Phi) is 4.80. The molecular formula is C17H21NO2S. The van der Waals surface area contributed by atoms with E-state index >= 15 is 0 Å². The lowest BCUT2D eigenvalue weighted by molar-refractivity contribution is 0.588. The Morgan fingerprint density at radius 1 is 1.10 bits per heavy atom. The van der Waals surface area contributed by atoms with Crippen LogP contribution in [0.25, 0.3) is 0 Å². The van der Waals surface area contributed by atoms with Crippen LogP contribution in [0.2, 0.25) is 0 Å². The molecule has 2 rings (SSSR count). The Morgan fingerprint density at radius 2 is 1.76 bits per heavy atom. The van der Waals surface area contributed by atoms with E-state index < -0.39 is 10.0 Å². The molecule has 0 aromatic heterocycles. The number of hydrogen-bond acceptors (Lipinski definition) is 2. The Morgan fingerprint density at radius 3 is 2.33 bits per heavy atom. The monoisotopic (exact) mass is 303 g/mol. The summed E-state index contributed by atoms with van der Waals surface area (Å²) in [7, 11) is -1.94. The number of rotatable bonds is 5. The highest BCUT2D eigenvalue weighted by atomic mass is 32.2. The van der Waals surface area contributed by atoms with Crippen molar-refractivity contribution >= 4 is 10.0 Å². The second-order valence-corrected chi connectivity index (χ2v) is 7.20. The van der Waals surface area contributed by atoms with E-state index in [1.165, 1.54) is 18.2 Å². The zero-order valence-corrected chi connectivity index (χ0v) is 13.4. The summed E-state index contributed by atoms with van der Waals surface area (Å²) in [5.74, 6) is 0.400. The largest absolute Gasteiger partial charge is 0.240 e. The van der Waals surface area contributed by atoms with Gasteiger partial charge < -0.3 is 0 Å². The predicted octanol–water partition coefficient (Wildman–Crippen LogP) is 3.25. The van der Waals surface area contributed by atoms with E-state index in [9.17, 15) is 8.42 Å². The van der Waals surface area contributed by atoms with Crippen LogP contribution in [0.1, 0.15) is 29.5 Å². The maximum atomic E-state index is 11.8. The van der Waals surface area contributed by atoms with Crippen LogP contribution in [-0.4, -0.2) is 15.5 Å². The van der Waals surface area contributed by atoms with Gasteiger partial charge in [-0.2, -0.15) is 0 Å². The van der Waals surface area contributed by atoms with Crippen molar-refractivity contribution < 1.29 is 8.42 Å². The molecule has 0 aliphatic rings. The minimum atomic E-state index is -3.37. The van der Waals surface area contributed by atoms with E-state index in [4.69, 9.17) is 0 Å². The molecule has 3 nitrogen and oxygen atoms in total. The molecule has 0 aliphatic carbocycles. The van der Waals surface area contributed by atoms with Crippen LogP contribution in [0.5, 0.6) is 0 Å². The lowest BCUT2D eigenvalue weighted by Gasteiger charge is -2.14.